The van der Waals surface area contributed by atoms with Crippen molar-refractivity contribution in [1.82, 2.24) is 5.32 Å². The summed E-state index contributed by atoms with van der Waals surface area (Å²) in [4.78, 5) is 23.9. The fourth-order valence-corrected chi connectivity index (χ4v) is 3.40. The molecule has 0 heterocycles. The molecule has 11 heteroatoms. The van der Waals surface area contributed by atoms with Gasteiger partial charge in [0, 0.05) is 11.6 Å². The second kappa shape index (κ2) is 8.31. The van der Waals surface area contributed by atoms with Crippen molar-refractivity contribution in [3.63, 3.8) is 0 Å². The lowest BCUT2D eigenvalue weighted by Crippen LogP contribution is -2.35. The second-order valence-corrected chi connectivity index (χ2v) is 7.47. The molecule has 2 N–H and O–H groups in total. The molecular formula is C19H14Cl2F4N2O3. The molecule has 160 valence electrons. The van der Waals surface area contributed by atoms with Gasteiger partial charge in [0.25, 0.3) is 11.8 Å². The average Bonchev–Trinajstić information content (AvgIpc) is 3.10. The third-order valence-corrected chi connectivity index (χ3v) is 5.24. The molecule has 2 unspecified atom stereocenters. The fourth-order valence-electron chi connectivity index (χ4n) is 2.80. The highest BCUT2D eigenvalue weighted by Gasteiger charge is 2.65. The summed E-state index contributed by atoms with van der Waals surface area (Å²) in [6.07, 6.45) is 0. The Kier molecular flexibility index (Phi) is 6.14. The predicted molar refractivity (Wildman–Crippen MR) is 102 cm³/mol. The van der Waals surface area contributed by atoms with Gasteiger partial charge in [-0.1, -0.05) is 36.2 Å². The Morgan fingerprint density at radius 2 is 1.67 bits per heavy atom. The Morgan fingerprint density at radius 1 is 1.13 bits per heavy atom. The summed E-state index contributed by atoms with van der Waals surface area (Å²) < 4.78 is 59.1. The number of imide groups is 1. The van der Waals surface area contributed by atoms with Crippen molar-refractivity contribution >= 4 is 40.8 Å². The molecule has 5 nitrogen and oxygen atoms in total. The van der Waals surface area contributed by atoms with Gasteiger partial charge in [0.2, 0.25) is 0 Å². The number of halogens is 6. The van der Waals surface area contributed by atoms with E-state index in [1.807, 2.05) is 0 Å². The molecule has 1 aliphatic carbocycles. The Hall–Kier alpha value is -2.52. The maximum Gasteiger partial charge on any atom is 0.326 e. The van der Waals surface area contributed by atoms with Crippen molar-refractivity contribution in [2.45, 2.75) is 12.8 Å². The molecule has 1 fully saturated rings. The van der Waals surface area contributed by atoms with Gasteiger partial charge in [-0.05, 0) is 24.3 Å². The Labute approximate surface area is 178 Å². The van der Waals surface area contributed by atoms with Crippen LogP contribution in [-0.2, 0) is 0 Å². The number of alkyl halides is 2. The molecule has 1 saturated carbocycles. The number of carbonyl (C=O) groups excluding carboxylic acids is 2. The monoisotopic (exact) mass is 464 g/mol. The van der Waals surface area contributed by atoms with Crippen LogP contribution < -0.4 is 15.4 Å². The molecule has 3 amide bonds. The summed E-state index contributed by atoms with van der Waals surface area (Å²) in [5, 5.41) is 3.86. The number of urea groups is 1. The molecule has 0 bridgehead atoms. The molecule has 2 aromatic rings. The molecular weight excluding hydrogens is 451 g/mol. The summed E-state index contributed by atoms with van der Waals surface area (Å²) in [5.41, 5.74) is -0.889. The van der Waals surface area contributed by atoms with E-state index in [-0.39, 0.29) is 28.1 Å². The minimum absolute atomic E-state index is 0.0294. The van der Waals surface area contributed by atoms with Crippen LogP contribution in [0.4, 0.5) is 28.0 Å². The fraction of sp³-hybridized carbons (Fsp3) is 0.263. The molecule has 2 atom stereocenters. The van der Waals surface area contributed by atoms with Crippen LogP contribution in [0.25, 0.3) is 0 Å². The molecule has 2 aromatic carbocycles. The van der Waals surface area contributed by atoms with Crippen LogP contribution in [0.3, 0.4) is 0 Å². The molecule has 0 saturated heterocycles. The minimum atomic E-state index is -2.80. The van der Waals surface area contributed by atoms with Crippen LogP contribution in [0.2, 0.25) is 10.0 Å². The molecule has 0 aliphatic heterocycles. The average molecular weight is 465 g/mol. The predicted octanol–water partition coefficient (Wildman–Crippen LogP) is 5.51. The third kappa shape index (κ3) is 4.46. The number of anilines is 1. The van der Waals surface area contributed by atoms with Crippen molar-refractivity contribution in [2.75, 3.05) is 11.9 Å². The number of carbonyl (C=O) groups is 2. The highest BCUT2D eigenvalue weighted by Crippen LogP contribution is 2.55. The molecule has 3 rings (SSSR count). The zero-order valence-corrected chi connectivity index (χ0v) is 16.8. The van der Waals surface area contributed by atoms with Crippen LogP contribution in [-0.4, -0.2) is 24.5 Å². The first-order valence-electron chi connectivity index (χ1n) is 8.58. The van der Waals surface area contributed by atoms with Crippen molar-refractivity contribution in [3.05, 3.63) is 57.6 Å². The normalized spacial score (nSPS) is 19.2. The maximum atomic E-state index is 13.6. The maximum absolute atomic E-state index is 13.6. The summed E-state index contributed by atoms with van der Waals surface area (Å²) >= 11 is 12.1. The second-order valence-electron chi connectivity index (χ2n) is 6.65. The van der Waals surface area contributed by atoms with E-state index in [0.29, 0.717) is 0 Å². The van der Waals surface area contributed by atoms with Gasteiger partial charge in [0.1, 0.15) is 17.2 Å². The van der Waals surface area contributed by atoms with E-state index in [1.165, 1.54) is 19.1 Å². The summed E-state index contributed by atoms with van der Waals surface area (Å²) in [6.45, 7) is 1.11. The highest BCUT2D eigenvalue weighted by atomic mass is 35.5. The summed E-state index contributed by atoms with van der Waals surface area (Å²) in [5.74, 6) is -8.16. The van der Waals surface area contributed by atoms with Crippen molar-refractivity contribution in [2.24, 2.45) is 11.8 Å². The van der Waals surface area contributed by atoms with Crippen molar-refractivity contribution < 1.29 is 31.9 Å². The van der Waals surface area contributed by atoms with Gasteiger partial charge in [-0.25, -0.2) is 22.4 Å². The van der Waals surface area contributed by atoms with Gasteiger partial charge in [-0.2, -0.15) is 0 Å². The first-order valence-corrected chi connectivity index (χ1v) is 9.34. The SMILES string of the molecule is CC1C(COc2c(Cl)cc(NC(=O)NC(=O)c3c(F)cccc3F)cc2Cl)C1(F)F. The smallest absolute Gasteiger partial charge is 0.326 e. The highest BCUT2D eigenvalue weighted by molar-refractivity contribution is 6.37. The Morgan fingerprint density at radius 3 is 2.17 bits per heavy atom. The topological polar surface area (TPSA) is 67.4 Å². The lowest BCUT2D eigenvalue weighted by Gasteiger charge is -2.13. The number of hydrogen-bond acceptors (Lipinski definition) is 3. The van der Waals surface area contributed by atoms with Gasteiger partial charge in [0.15, 0.2) is 5.75 Å². The number of ether oxygens (including phenoxy) is 1. The van der Waals surface area contributed by atoms with E-state index >= 15 is 0 Å². The quantitative estimate of drug-likeness (QED) is 0.573. The largest absolute Gasteiger partial charge is 0.490 e. The van der Waals surface area contributed by atoms with Crippen LogP contribution in [0, 0.1) is 23.5 Å². The lowest BCUT2D eigenvalue weighted by molar-refractivity contribution is 0.0765. The molecule has 0 radical (unpaired) electrons. The van der Waals surface area contributed by atoms with E-state index in [1.54, 1.807) is 5.32 Å². The van der Waals surface area contributed by atoms with E-state index in [9.17, 15) is 27.2 Å². The van der Waals surface area contributed by atoms with Crippen molar-refractivity contribution in [1.29, 1.82) is 0 Å². The number of benzene rings is 2. The summed E-state index contributed by atoms with van der Waals surface area (Å²) in [6, 6.07) is 4.13. The van der Waals surface area contributed by atoms with E-state index in [2.05, 4.69) is 5.32 Å². The minimum Gasteiger partial charge on any atom is -0.490 e. The Balaban J connectivity index is 1.64. The van der Waals surface area contributed by atoms with E-state index in [4.69, 9.17) is 27.9 Å². The number of rotatable bonds is 5. The molecule has 0 aromatic heterocycles. The molecule has 1 aliphatic rings. The number of amides is 3. The third-order valence-electron chi connectivity index (χ3n) is 4.68. The van der Waals surface area contributed by atoms with Gasteiger partial charge >= 0.3 is 6.03 Å². The lowest BCUT2D eigenvalue weighted by atomic mass is 10.2. The standard InChI is InChI=1S/C19H14Cl2F4N2O3/c1-8-10(19(8,24)25)7-30-16-11(20)5-9(6-12(16)21)26-18(29)27-17(28)15-13(22)3-2-4-14(15)23/h2-6,8,10H,7H2,1H3,(H2,26,27,28,29). The van der Waals surface area contributed by atoms with Gasteiger partial charge in [-0.15, -0.1) is 0 Å². The van der Waals surface area contributed by atoms with Crippen LogP contribution in [0.1, 0.15) is 17.3 Å². The van der Waals surface area contributed by atoms with Crippen LogP contribution >= 0.6 is 23.2 Å². The van der Waals surface area contributed by atoms with Crippen LogP contribution in [0.15, 0.2) is 30.3 Å². The number of hydrogen-bond donors (Lipinski definition) is 2. The number of nitrogens with one attached hydrogen (secondary N) is 2. The Bertz CT molecular complexity index is 976. The zero-order valence-electron chi connectivity index (χ0n) is 15.2. The van der Waals surface area contributed by atoms with Crippen molar-refractivity contribution in [3.8, 4) is 5.75 Å². The van der Waals surface area contributed by atoms with Gasteiger partial charge in [-0.3, -0.25) is 10.1 Å². The molecule has 30 heavy (non-hydrogen) atoms. The summed E-state index contributed by atoms with van der Waals surface area (Å²) in [7, 11) is 0. The van der Waals surface area contributed by atoms with E-state index < -0.39 is 46.9 Å². The first kappa shape index (κ1) is 22.2. The zero-order chi connectivity index (χ0) is 22.2. The first-order chi connectivity index (χ1) is 14.0. The van der Waals surface area contributed by atoms with Gasteiger partial charge < -0.3 is 10.1 Å². The van der Waals surface area contributed by atoms with E-state index in [0.717, 1.165) is 18.2 Å². The molecule has 0 spiro atoms. The van der Waals surface area contributed by atoms with Crippen LogP contribution in [0.5, 0.6) is 5.75 Å². The van der Waals surface area contributed by atoms with Gasteiger partial charge in [0.05, 0.1) is 22.6 Å².